The molecule has 1 saturated heterocycles. The molecule has 0 aromatic heterocycles. The third-order valence-electron chi connectivity index (χ3n) is 7.49. The number of epoxide rings is 1. The number of aliphatic hydroxyl groups is 1. The van der Waals surface area contributed by atoms with Gasteiger partial charge >= 0.3 is 0 Å². The molecular weight excluding hydrogens is 300 g/mol. The van der Waals surface area contributed by atoms with E-state index in [1.165, 1.54) is 31.2 Å². The standard InChI is InChI=1S/C21H28O3/c1-21-9-8-17-16-5-3-14(23-11-15-12-24-15)10-13(16)2-4-18(17)19(21)6-7-20(21)22/h3,5,10,15,17-20,22H,2,4,6-9,11-12H2,1H3/t15-,17+,18+,19-,20-,21-/m0/s1. The Morgan fingerprint density at radius 2 is 2.12 bits per heavy atom. The minimum atomic E-state index is -0.0785. The molecule has 24 heavy (non-hydrogen) atoms. The Morgan fingerprint density at radius 3 is 2.96 bits per heavy atom. The van der Waals surface area contributed by atoms with Crippen molar-refractivity contribution in [1.29, 1.82) is 0 Å². The molecule has 0 radical (unpaired) electrons. The van der Waals surface area contributed by atoms with Gasteiger partial charge in [-0.1, -0.05) is 13.0 Å². The molecule has 2 saturated carbocycles. The monoisotopic (exact) mass is 328 g/mol. The van der Waals surface area contributed by atoms with Crippen LogP contribution in [0, 0.1) is 17.3 Å². The number of benzene rings is 1. The average molecular weight is 328 g/mol. The van der Waals surface area contributed by atoms with E-state index in [-0.39, 0.29) is 11.5 Å². The van der Waals surface area contributed by atoms with Crippen molar-refractivity contribution in [1.82, 2.24) is 0 Å². The van der Waals surface area contributed by atoms with E-state index in [4.69, 9.17) is 9.47 Å². The Hall–Kier alpha value is -1.06. The molecule has 0 spiro atoms. The van der Waals surface area contributed by atoms with Crippen molar-refractivity contribution in [2.24, 2.45) is 17.3 Å². The van der Waals surface area contributed by atoms with Gasteiger partial charge in [-0.3, -0.25) is 0 Å². The maximum atomic E-state index is 10.5. The zero-order valence-electron chi connectivity index (χ0n) is 14.5. The van der Waals surface area contributed by atoms with Crippen LogP contribution in [0.1, 0.15) is 56.1 Å². The first-order chi connectivity index (χ1) is 11.6. The highest BCUT2D eigenvalue weighted by atomic mass is 16.6. The number of hydrogen-bond acceptors (Lipinski definition) is 3. The molecule has 3 aliphatic carbocycles. The van der Waals surface area contributed by atoms with Gasteiger partial charge in [-0.05, 0) is 85.0 Å². The first-order valence-electron chi connectivity index (χ1n) is 9.70. The van der Waals surface area contributed by atoms with E-state index in [1.54, 1.807) is 5.56 Å². The molecule has 1 heterocycles. The predicted octanol–water partition coefficient (Wildman–Crippen LogP) is 3.68. The van der Waals surface area contributed by atoms with Crippen LogP contribution < -0.4 is 4.74 Å². The Morgan fingerprint density at radius 1 is 1.25 bits per heavy atom. The Balaban J connectivity index is 1.38. The van der Waals surface area contributed by atoms with Crippen LogP contribution in [-0.2, 0) is 11.2 Å². The molecule has 3 heteroatoms. The highest BCUT2D eigenvalue weighted by Gasteiger charge is 2.54. The fraction of sp³-hybridized carbons (Fsp3) is 0.714. The average Bonchev–Trinajstić information content (AvgIpc) is 3.37. The molecule has 0 bridgehead atoms. The second kappa shape index (κ2) is 5.47. The molecule has 4 aliphatic rings. The lowest BCUT2D eigenvalue weighted by Gasteiger charge is -2.50. The van der Waals surface area contributed by atoms with Gasteiger partial charge in [-0.2, -0.15) is 0 Å². The first kappa shape index (κ1) is 15.2. The quantitative estimate of drug-likeness (QED) is 0.861. The summed E-state index contributed by atoms with van der Waals surface area (Å²) >= 11 is 0. The van der Waals surface area contributed by atoms with E-state index < -0.39 is 0 Å². The lowest BCUT2D eigenvalue weighted by molar-refractivity contribution is -0.0226. The first-order valence-corrected chi connectivity index (χ1v) is 9.70. The van der Waals surface area contributed by atoms with Gasteiger partial charge in [-0.15, -0.1) is 0 Å². The zero-order valence-corrected chi connectivity index (χ0v) is 14.5. The topological polar surface area (TPSA) is 42.0 Å². The maximum Gasteiger partial charge on any atom is 0.119 e. The highest BCUT2D eigenvalue weighted by molar-refractivity contribution is 5.40. The number of fused-ring (bicyclic) bond motifs is 5. The molecule has 3 nitrogen and oxygen atoms in total. The van der Waals surface area contributed by atoms with Crippen LogP contribution in [0.4, 0.5) is 0 Å². The molecule has 130 valence electrons. The van der Waals surface area contributed by atoms with Crippen molar-refractivity contribution in [2.45, 2.75) is 63.6 Å². The van der Waals surface area contributed by atoms with Crippen molar-refractivity contribution < 1.29 is 14.6 Å². The molecule has 5 rings (SSSR count). The lowest BCUT2D eigenvalue weighted by atomic mass is 9.55. The molecule has 1 N–H and O–H groups in total. The smallest absolute Gasteiger partial charge is 0.119 e. The fourth-order valence-corrected chi connectivity index (χ4v) is 5.97. The van der Waals surface area contributed by atoms with Crippen LogP contribution in [-0.4, -0.2) is 30.5 Å². The number of aryl methyl sites for hydroxylation is 1. The normalized spacial score (nSPS) is 42.8. The number of ether oxygens (including phenoxy) is 2. The van der Waals surface area contributed by atoms with Gasteiger partial charge in [0.2, 0.25) is 0 Å². The summed E-state index contributed by atoms with van der Waals surface area (Å²) < 4.78 is 11.1. The minimum absolute atomic E-state index is 0.0785. The van der Waals surface area contributed by atoms with Gasteiger partial charge in [0.1, 0.15) is 18.5 Å². The molecule has 1 aromatic carbocycles. The minimum Gasteiger partial charge on any atom is -0.491 e. The Bertz CT molecular complexity index is 638. The van der Waals surface area contributed by atoms with E-state index in [0.29, 0.717) is 24.5 Å². The summed E-state index contributed by atoms with van der Waals surface area (Å²) in [5.41, 5.74) is 3.23. The van der Waals surface area contributed by atoms with Crippen molar-refractivity contribution in [3.63, 3.8) is 0 Å². The predicted molar refractivity (Wildman–Crippen MR) is 92.3 cm³/mol. The fourth-order valence-electron chi connectivity index (χ4n) is 5.97. The second-order valence-corrected chi connectivity index (χ2v) is 8.68. The Labute approximate surface area is 144 Å². The van der Waals surface area contributed by atoms with Crippen molar-refractivity contribution in [2.75, 3.05) is 13.2 Å². The summed E-state index contributed by atoms with van der Waals surface area (Å²) in [6.07, 6.45) is 7.31. The molecule has 1 aromatic rings. The van der Waals surface area contributed by atoms with Crippen LogP contribution in [0.15, 0.2) is 18.2 Å². The van der Waals surface area contributed by atoms with Crippen LogP contribution in [0.3, 0.4) is 0 Å². The van der Waals surface area contributed by atoms with Gasteiger partial charge in [0, 0.05) is 0 Å². The number of hydrogen-bond donors (Lipinski definition) is 1. The van der Waals surface area contributed by atoms with E-state index in [1.807, 2.05) is 0 Å². The third kappa shape index (κ3) is 2.32. The van der Waals surface area contributed by atoms with Gasteiger partial charge in [0.05, 0.1) is 12.7 Å². The highest BCUT2D eigenvalue weighted by Crippen LogP contribution is 2.60. The molecule has 6 atom stereocenters. The largest absolute Gasteiger partial charge is 0.491 e. The van der Waals surface area contributed by atoms with Crippen molar-refractivity contribution in [3.05, 3.63) is 29.3 Å². The number of aliphatic hydroxyl groups excluding tert-OH is 1. The van der Waals surface area contributed by atoms with Gasteiger partial charge in [0.25, 0.3) is 0 Å². The Kier molecular flexibility index (Phi) is 3.47. The molecule has 0 amide bonds. The zero-order chi connectivity index (χ0) is 16.3. The van der Waals surface area contributed by atoms with Gasteiger partial charge < -0.3 is 14.6 Å². The summed E-state index contributed by atoms with van der Waals surface area (Å²) in [7, 11) is 0. The SMILES string of the molecule is C[C@]12CC[C@@H]3c4ccc(OC[C@H]5CO5)cc4CC[C@H]3[C@@H]1CC[C@@H]2O. The lowest BCUT2D eigenvalue weighted by Crippen LogP contribution is -2.43. The molecule has 0 unspecified atom stereocenters. The van der Waals surface area contributed by atoms with E-state index >= 15 is 0 Å². The van der Waals surface area contributed by atoms with Crippen molar-refractivity contribution in [3.8, 4) is 5.75 Å². The van der Waals surface area contributed by atoms with Crippen LogP contribution in [0.5, 0.6) is 5.75 Å². The molecule has 1 aliphatic heterocycles. The second-order valence-electron chi connectivity index (χ2n) is 8.68. The summed E-state index contributed by atoms with van der Waals surface area (Å²) in [6.45, 7) is 3.88. The summed E-state index contributed by atoms with van der Waals surface area (Å²) in [4.78, 5) is 0. The van der Waals surface area contributed by atoms with Crippen molar-refractivity contribution >= 4 is 0 Å². The van der Waals surface area contributed by atoms with E-state index in [9.17, 15) is 5.11 Å². The van der Waals surface area contributed by atoms with Crippen LogP contribution in [0.2, 0.25) is 0 Å². The summed E-state index contributed by atoms with van der Waals surface area (Å²) in [5, 5.41) is 10.5. The van der Waals surface area contributed by atoms with E-state index in [2.05, 4.69) is 25.1 Å². The summed E-state index contributed by atoms with van der Waals surface area (Å²) in [5.74, 6) is 3.17. The molecular formula is C21H28O3. The number of rotatable bonds is 3. The van der Waals surface area contributed by atoms with Gasteiger partial charge in [0.15, 0.2) is 0 Å². The maximum absolute atomic E-state index is 10.5. The summed E-state index contributed by atoms with van der Waals surface area (Å²) in [6, 6.07) is 6.75. The van der Waals surface area contributed by atoms with Crippen LogP contribution >= 0.6 is 0 Å². The third-order valence-corrected chi connectivity index (χ3v) is 7.49. The van der Waals surface area contributed by atoms with Crippen LogP contribution in [0.25, 0.3) is 0 Å². The van der Waals surface area contributed by atoms with E-state index in [0.717, 1.165) is 31.1 Å². The molecule has 3 fully saturated rings. The van der Waals surface area contributed by atoms with Gasteiger partial charge in [-0.25, -0.2) is 0 Å².